The second kappa shape index (κ2) is 4.23. The Balaban J connectivity index is 2.65. The molecular weight excluding hydrogens is 251 g/mol. The summed E-state index contributed by atoms with van der Waals surface area (Å²) in [5.41, 5.74) is 0.359. The van der Waals surface area contributed by atoms with Gasteiger partial charge in [0.25, 0.3) is 0 Å². The van der Waals surface area contributed by atoms with E-state index in [1.54, 1.807) is 11.4 Å². The minimum Gasteiger partial charge on any atom is -0.478 e. The Kier molecular flexibility index (Phi) is 2.94. The van der Waals surface area contributed by atoms with Crippen molar-refractivity contribution in [3.05, 3.63) is 46.0 Å². The van der Waals surface area contributed by atoms with Gasteiger partial charge in [0, 0.05) is 5.56 Å². The molecule has 0 aliphatic rings. The molecule has 1 aromatic carbocycles. The second-order valence-corrected chi connectivity index (χ2v) is 4.42. The van der Waals surface area contributed by atoms with Gasteiger partial charge in [0.1, 0.15) is 5.82 Å². The molecule has 0 amide bonds. The van der Waals surface area contributed by atoms with Crippen LogP contribution in [0.3, 0.4) is 0 Å². The molecule has 0 spiro atoms. The van der Waals surface area contributed by atoms with Gasteiger partial charge in [-0.05, 0) is 29.6 Å². The Hall–Kier alpha value is -1.39. The molecule has 2 nitrogen and oxygen atoms in total. The standard InChI is InChI=1S/C11H6ClFO2S/c12-9-3-4-16-10(9)7-2-1-6(13)5-8(7)11(14)15/h1-5H,(H,14,15). The SMILES string of the molecule is O=C(O)c1cc(F)ccc1-c1sccc1Cl. The molecule has 1 heterocycles. The zero-order valence-electron chi connectivity index (χ0n) is 7.91. The first-order chi connectivity index (χ1) is 7.59. The number of rotatable bonds is 2. The lowest BCUT2D eigenvalue weighted by atomic mass is 10.1. The molecule has 0 aliphatic carbocycles. The highest BCUT2D eigenvalue weighted by molar-refractivity contribution is 7.14. The topological polar surface area (TPSA) is 37.3 Å². The van der Waals surface area contributed by atoms with E-state index in [0.29, 0.717) is 15.5 Å². The first-order valence-electron chi connectivity index (χ1n) is 4.36. The zero-order chi connectivity index (χ0) is 11.7. The summed E-state index contributed by atoms with van der Waals surface area (Å²) in [5, 5.41) is 11.2. The largest absolute Gasteiger partial charge is 0.478 e. The van der Waals surface area contributed by atoms with E-state index in [4.69, 9.17) is 16.7 Å². The first kappa shape index (κ1) is 11.1. The maximum absolute atomic E-state index is 13.0. The fourth-order valence-corrected chi connectivity index (χ4v) is 2.58. The van der Waals surface area contributed by atoms with Crippen LogP contribution < -0.4 is 0 Å². The summed E-state index contributed by atoms with van der Waals surface area (Å²) < 4.78 is 13.0. The van der Waals surface area contributed by atoms with Crippen LogP contribution >= 0.6 is 22.9 Å². The van der Waals surface area contributed by atoms with Gasteiger partial charge in [0.05, 0.1) is 15.5 Å². The molecule has 0 fully saturated rings. The van der Waals surface area contributed by atoms with Crippen molar-refractivity contribution in [2.45, 2.75) is 0 Å². The monoisotopic (exact) mass is 256 g/mol. The number of carbonyl (C=O) groups is 1. The zero-order valence-corrected chi connectivity index (χ0v) is 9.48. The maximum atomic E-state index is 13.0. The molecule has 0 saturated heterocycles. The fourth-order valence-electron chi connectivity index (χ4n) is 1.38. The molecule has 0 bridgehead atoms. The Morgan fingerprint density at radius 1 is 1.38 bits per heavy atom. The predicted molar refractivity (Wildman–Crippen MR) is 61.7 cm³/mol. The molecule has 16 heavy (non-hydrogen) atoms. The lowest BCUT2D eigenvalue weighted by molar-refractivity contribution is 0.0697. The maximum Gasteiger partial charge on any atom is 0.336 e. The number of thiophene rings is 1. The Bertz CT molecular complexity index is 551. The van der Waals surface area contributed by atoms with Gasteiger partial charge in [0.2, 0.25) is 0 Å². The molecule has 0 radical (unpaired) electrons. The highest BCUT2D eigenvalue weighted by Crippen LogP contribution is 2.35. The number of carboxylic acids is 1. The summed E-state index contributed by atoms with van der Waals surface area (Å²) in [6, 6.07) is 5.32. The summed E-state index contributed by atoms with van der Waals surface area (Å²) in [4.78, 5) is 11.6. The van der Waals surface area contributed by atoms with Crippen LogP contribution in [0.15, 0.2) is 29.6 Å². The van der Waals surface area contributed by atoms with Crippen LogP contribution in [-0.4, -0.2) is 11.1 Å². The number of carboxylic acid groups (broad SMARTS) is 1. The number of benzene rings is 1. The Morgan fingerprint density at radius 3 is 2.69 bits per heavy atom. The normalized spacial score (nSPS) is 10.4. The number of halogens is 2. The lowest BCUT2D eigenvalue weighted by Crippen LogP contribution is -1.99. The van der Waals surface area contributed by atoms with Crippen molar-refractivity contribution >= 4 is 28.9 Å². The van der Waals surface area contributed by atoms with Crippen LogP contribution in [0.5, 0.6) is 0 Å². The van der Waals surface area contributed by atoms with Crippen molar-refractivity contribution in [1.29, 1.82) is 0 Å². The number of hydrogen-bond acceptors (Lipinski definition) is 2. The molecule has 0 aliphatic heterocycles. The van der Waals surface area contributed by atoms with Crippen molar-refractivity contribution in [1.82, 2.24) is 0 Å². The van der Waals surface area contributed by atoms with Gasteiger partial charge < -0.3 is 5.11 Å². The molecule has 1 aromatic heterocycles. The van der Waals surface area contributed by atoms with E-state index in [9.17, 15) is 9.18 Å². The van der Waals surface area contributed by atoms with E-state index in [1.165, 1.54) is 23.5 Å². The molecule has 5 heteroatoms. The first-order valence-corrected chi connectivity index (χ1v) is 5.61. The minimum atomic E-state index is -1.17. The van der Waals surface area contributed by atoms with E-state index in [1.807, 2.05) is 0 Å². The summed E-state index contributed by atoms with van der Waals surface area (Å²) in [6.45, 7) is 0. The molecular formula is C11H6ClFO2S. The highest BCUT2D eigenvalue weighted by atomic mass is 35.5. The molecule has 0 unspecified atom stereocenters. The minimum absolute atomic E-state index is 0.0793. The summed E-state index contributed by atoms with van der Waals surface area (Å²) in [5.74, 6) is -1.74. The third kappa shape index (κ3) is 1.94. The van der Waals surface area contributed by atoms with Crippen LogP contribution in [-0.2, 0) is 0 Å². The molecule has 2 rings (SSSR count). The molecule has 0 saturated carbocycles. The predicted octanol–water partition coefficient (Wildman–Crippen LogP) is 3.91. The lowest BCUT2D eigenvalue weighted by Gasteiger charge is -2.04. The van der Waals surface area contributed by atoms with Gasteiger partial charge >= 0.3 is 5.97 Å². The van der Waals surface area contributed by atoms with Crippen molar-refractivity contribution < 1.29 is 14.3 Å². The summed E-state index contributed by atoms with van der Waals surface area (Å²) >= 11 is 7.24. The average Bonchev–Trinajstić information content (AvgIpc) is 2.64. The third-order valence-corrected chi connectivity index (χ3v) is 3.45. The Labute approximate surface area is 99.9 Å². The van der Waals surface area contributed by atoms with Gasteiger partial charge in [-0.1, -0.05) is 11.6 Å². The second-order valence-electron chi connectivity index (χ2n) is 3.09. The van der Waals surface area contributed by atoms with Crippen LogP contribution in [0.1, 0.15) is 10.4 Å². The average molecular weight is 257 g/mol. The van der Waals surface area contributed by atoms with E-state index in [-0.39, 0.29) is 5.56 Å². The van der Waals surface area contributed by atoms with Gasteiger partial charge in [-0.2, -0.15) is 0 Å². The van der Waals surface area contributed by atoms with E-state index >= 15 is 0 Å². The third-order valence-electron chi connectivity index (χ3n) is 2.07. The van der Waals surface area contributed by atoms with E-state index in [0.717, 1.165) is 6.07 Å². The van der Waals surface area contributed by atoms with Crippen molar-refractivity contribution in [2.24, 2.45) is 0 Å². The van der Waals surface area contributed by atoms with Gasteiger partial charge in [-0.3, -0.25) is 0 Å². The van der Waals surface area contributed by atoms with Crippen LogP contribution in [0.4, 0.5) is 4.39 Å². The fraction of sp³-hybridized carbons (Fsp3) is 0. The van der Waals surface area contributed by atoms with Gasteiger partial charge in [-0.25, -0.2) is 9.18 Å². The number of aromatic carboxylic acids is 1. The molecule has 1 N–H and O–H groups in total. The quantitative estimate of drug-likeness (QED) is 0.885. The van der Waals surface area contributed by atoms with Crippen LogP contribution in [0.2, 0.25) is 5.02 Å². The smallest absolute Gasteiger partial charge is 0.336 e. The molecule has 82 valence electrons. The molecule has 0 atom stereocenters. The van der Waals surface area contributed by atoms with Crippen molar-refractivity contribution in [2.75, 3.05) is 0 Å². The number of hydrogen-bond donors (Lipinski definition) is 1. The summed E-state index contributed by atoms with van der Waals surface area (Å²) in [6.07, 6.45) is 0. The van der Waals surface area contributed by atoms with Crippen molar-refractivity contribution in [3.63, 3.8) is 0 Å². The van der Waals surface area contributed by atoms with Crippen LogP contribution in [0, 0.1) is 5.82 Å². The highest BCUT2D eigenvalue weighted by Gasteiger charge is 2.15. The van der Waals surface area contributed by atoms with Gasteiger partial charge in [0.15, 0.2) is 0 Å². The van der Waals surface area contributed by atoms with E-state index in [2.05, 4.69) is 0 Å². The van der Waals surface area contributed by atoms with E-state index < -0.39 is 11.8 Å². The summed E-state index contributed by atoms with van der Waals surface area (Å²) in [7, 11) is 0. The van der Waals surface area contributed by atoms with Crippen LogP contribution in [0.25, 0.3) is 10.4 Å². The van der Waals surface area contributed by atoms with Gasteiger partial charge in [-0.15, -0.1) is 11.3 Å². The van der Waals surface area contributed by atoms with Crippen molar-refractivity contribution in [3.8, 4) is 10.4 Å². The Morgan fingerprint density at radius 2 is 2.12 bits per heavy atom. The molecule has 2 aromatic rings.